The zero-order valence-corrected chi connectivity index (χ0v) is 9.33. The van der Waals surface area contributed by atoms with E-state index in [2.05, 4.69) is 33.4 Å². The summed E-state index contributed by atoms with van der Waals surface area (Å²) < 4.78 is 0. The second kappa shape index (κ2) is 5.41. The summed E-state index contributed by atoms with van der Waals surface area (Å²) in [5.74, 6) is 0.440. The van der Waals surface area contributed by atoms with Crippen LogP contribution in [0.25, 0.3) is 0 Å². The Morgan fingerprint density at radius 1 is 1.25 bits per heavy atom. The third-order valence-electron chi connectivity index (χ3n) is 1.93. The number of thiol groups is 1. The summed E-state index contributed by atoms with van der Waals surface area (Å²) in [6, 6.07) is 0. The van der Waals surface area contributed by atoms with E-state index in [0.29, 0.717) is 5.92 Å². The molecule has 0 unspecified atom stereocenters. The summed E-state index contributed by atoms with van der Waals surface area (Å²) in [6.07, 6.45) is 1.73. The minimum absolute atomic E-state index is 0.440. The van der Waals surface area contributed by atoms with Gasteiger partial charge in [0.1, 0.15) is 0 Å². The molecule has 0 aliphatic rings. The molecule has 0 aromatic heterocycles. The van der Waals surface area contributed by atoms with E-state index in [0.717, 1.165) is 29.0 Å². The summed E-state index contributed by atoms with van der Waals surface area (Å²) in [5, 5.41) is 7.71. The van der Waals surface area contributed by atoms with E-state index in [-0.39, 0.29) is 0 Å². The van der Waals surface area contributed by atoms with Crippen molar-refractivity contribution in [3.63, 3.8) is 0 Å². The van der Waals surface area contributed by atoms with E-state index in [9.17, 15) is 0 Å². The lowest BCUT2D eigenvalue weighted by Gasteiger charge is -2.12. The number of hydrogen-bond donors (Lipinski definition) is 2. The third-order valence-corrected chi connectivity index (χ3v) is 2.71. The summed E-state index contributed by atoms with van der Waals surface area (Å²) >= 11 is 4.43. The summed E-state index contributed by atoms with van der Waals surface area (Å²) in [5.41, 5.74) is 1.85. The van der Waals surface area contributed by atoms with Crippen molar-refractivity contribution in [1.82, 2.24) is 0 Å². The SMILES string of the molecule is CCC(=N)/C(CC)=C(\S)C(C)C. The van der Waals surface area contributed by atoms with Gasteiger partial charge in [-0.25, -0.2) is 0 Å². The second-order valence-corrected chi connectivity index (χ2v) is 3.69. The first-order valence-electron chi connectivity index (χ1n) is 4.54. The molecule has 0 aliphatic carbocycles. The number of nitrogens with one attached hydrogen (secondary N) is 1. The number of allylic oxidation sites excluding steroid dienone is 2. The molecule has 0 heterocycles. The van der Waals surface area contributed by atoms with Gasteiger partial charge in [-0.1, -0.05) is 27.7 Å². The van der Waals surface area contributed by atoms with Gasteiger partial charge in [-0.05, 0) is 29.2 Å². The highest BCUT2D eigenvalue weighted by Crippen LogP contribution is 2.22. The van der Waals surface area contributed by atoms with E-state index >= 15 is 0 Å². The minimum Gasteiger partial charge on any atom is -0.305 e. The summed E-state index contributed by atoms with van der Waals surface area (Å²) in [4.78, 5) is 1.07. The van der Waals surface area contributed by atoms with Crippen LogP contribution in [-0.4, -0.2) is 5.71 Å². The van der Waals surface area contributed by atoms with Crippen molar-refractivity contribution >= 4 is 18.3 Å². The van der Waals surface area contributed by atoms with Gasteiger partial charge in [0.05, 0.1) is 0 Å². The largest absolute Gasteiger partial charge is 0.305 e. The summed E-state index contributed by atoms with van der Waals surface area (Å²) in [6.45, 7) is 8.32. The molecule has 0 atom stereocenters. The van der Waals surface area contributed by atoms with E-state index in [1.54, 1.807) is 0 Å². The summed E-state index contributed by atoms with van der Waals surface area (Å²) in [7, 11) is 0. The molecular formula is C10H19NS. The van der Waals surface area contributed by atoms with Gasteiger partial charge in [-0.15, -0.1) is 12.6 Å². The van der Waals surface area contributed by atoms with Crippen molar-refractivity contribution in [2.45, 2.75) is 40.5 Å². The van der Waals surface area contributed by atoms with Crippen molar-refractivity contribution in [3.05, 3.63) is 10.5 Å². The minimum atomic E-state index is 0.440. The highest BCUT2D eigenvalue weighted by molar-refractivity contribution is 7.84. The standard InChI is InChI=1S/C10H19NS/c1-5-8(9(11)6-2)10(12)7(3)4/h7,11-12H,5-6H2,1-4H3/b10-8-,11-9?. The fraction of sp³-hybridized carbons (Fsp3) is 0.700. The molecule has 0 fully saturated rings. The van der Waals surface area contributed by atoms with Gasteiger partial charge >= 0.3 is 0 Å². The fourth-order valence-corrected chi connectivity index (χ4v) is 1.40. The average molecular weight is 185 g/mol. The first-order chi connectivity index (χ1) is 5.54. The molecule has 1 N–H and O–H groups in total. The Bertz CT molecular complexity index is 192. The molecule has 1 nitrogen and oxygen atoms in total. The molecule has 0 aromatic rings. The van der Waals surface area contributed by atoms with Crippen LogP contribution >= 0.6 is 12.6 Å². The van der Waals surface area contributed by atoms with Gasteiger partial charge in [-0.2, -0.15) is 0 Å². The van der Waals surface area contributed by atoms with Crippen LogP contribution in [0.3, 0.4) is 0 Å². The van der Waals surface area contributed by atoms with Crippen molar-refractivity contribution in [3.8, 4) is 0 Å². The van der Waals surface area contributed by atoms with Crippen molar-refractivity contribution < 1.29 is 0 Å². The number of rotatable bonds is 4. The molecule has 0 rings (SSSR count). The molecular weight excluding hydrogens is 166 g/mol. The topological polar surface area (TPSA) is 23.9 Å². The quantitative estimate of drug-likeness (QED) is 0.493. The highest BCUT2D eigenvalue weighted by Gasteiger charge is 2.08. The molecule has 70 valence electrons. The first-order valence-corrected chi connectivity index (χ1v) is 4.99. The average Bonchev–Trinajstić information content (AvgIpc) is 2.05. The van der Waals surface area contributed by atoms with Gasteiger partial charge < -0.3 is 5.41 Å². The highest BCUT2D eigenvalue weighted by atomic mass is 32.1. The first kappa shape index (κ1) is 11.8. The van der Waals surface area contributed by atoms with Crippen LogP contribution in [0.2, 0.25) is 0 Å². The molecule has 0 radical (unpaired) electrons. The maximum absolute atomic E-state index is 7.71. The Kier molecular flexibility index (Phi) is 5.31. The Morgan fingerprint density at radius 2 is 1.75 bits per heavy atom. The van der Waals surface area contributed by atoms with Crippen LogP contribution in [0.15, 0.2) is 10.5 Å². The predicted octanol–water partition coefficient (Wildman–Crippen LogP) is 3.67. The molecule has 0 aliphatic heterocycles. The zero-order valence-electron chi connectivity index (χ0n) is 8.44. The Hall–Kier alpha value is -0.240. The van der Waals surface area contributed by atoms with Gasteiger partial charge in [0, 0.05) is 5.71 Å². The van der Waals surface area contributed by atoms with Crippen LogP contribution in [0.4, 0.5) is 0 Å². The predicted molar refractivity (Wildman–Crippen MR) is 59.2 cm³/mol. The fourth-order valence-electron chi connectivity index (χ4n) is 1.11. The number of hydrogen-bond acceptors (Lipinski definition) is 2. The normalized spacial score (nSPS) is 13.2. The van der Waals surface area contributed by atoms with Crippen LogP contribution < -0.4 is 0 Å². The zero-order chi connectivity index (χ0) is 9.72. The van der Waals surface area contributed by atoms with E-state index < -0.39 is 0 Å². The third kappa shape index (κ3) is 3.02. The maximum Gasteiger partial charge on any atom is 0.0350 e. The van der Waals surface area contributed by atoms with Crippen molar-refractivity contribution in [2.24, 2.45) is 5.92 Å². The van der Waals surface area contributed by atoms with Crippen LogP contribution in [0.5, 0.6) is 0 Å². The molecule has 0 bridgehead atoms. The Morgan fingerprint density at radius 3 is 2.00 bits per heavy atom. The van der Waals surface area contributed by atoms with Crippen LogP contribution in [-0.2, 0) is 0 Å². The maximum atomic E-state index is 7.71. The molecule has 0 saturated heterocycles. The lowest BCUT2D eigenvalue weighted by atomic mass is 10.0. The Labute approximate surface area is 81.2 Å². The van der Waals surface area contributed by atoms with Crippen LogP contribution in [0, 0.1) is 11.3 Å². The molecule has 0 saturated carbocycles. The monoisotopic (exact) mass is 185 g/mol. The smallest absolute Gasteiger partial charge is 0.0350 e. The van der Waals surface area contributed by atoms with E-state index in [4.69, 9.17) is 5.41 Å². The lowest BCUT2D eigenvalue weighted by Crippen LogP contribution is -2.03. The second-order valence-electron chi connectivity index (χ2n) is 3.20. The molecule has 0 amide bonds. The van der Waals surface area contributed by atoms with Crippen molar-refractivity contribution in [2.75, 3.05) is 0 Å². The Balaban J connectivity index is 4.73. The lowest BCUT2D eigenvalue weighted by molar-refractivity contribution is 0.805. The van der Waals surface area contributed by atoms with Gasteiger partial charge in [0.15, 0.2) is 0 Å². The van der Waals surface area contributed by atoms with Crippen LogP contribution in [0.1, 0.15) is 40.5 Å². The molecule has 12 heavy (non-hydrogen) atoms. The molecule has 0 spiro atoms. The van der Waals surface area contributed by atoms with Gasteiger partial charge in [0.25, 0.3) is 0 Å². The molecule has 2 heteroatoms. The van der Waals surface area contributed by atoms with Crippen molar-refractivity contribution in [1.29, 1.82) is 5.41 Å². The van der Waals surface area contributed by atoms with Gasteiger partial charge in [0.2, 0.25) is 0 Å². The molecule has 0 aromatic carbocycles. The van der Waals surface area contributed by atoms with E-state index in [1.807, 2.05) is 6.92 Å². The van der Waals surface area contributed by atoms with Gasteiger partial charge in [-0.3, -0.25) is 0 Å². The van der Waals surface area contributed by atoms with E-state index in [1.165, 1.54) is 0 Å².